The number of nitrogens with zero attached hydrogens (tertiary/aromatic N) is 1. The van der Waals surface area contributed by atoms with E-state index in [9.17, 15) is 9.18 Å². The van der Waals surface area contributed by atoms with Gasteiger partial charge in [-0.15, -0.1) is 0 Å². The predicted octanol–water partition coefficient (Wildman–Crippen LogP) is 3.00. The standard InChI is InChI=1S/C20H24FN3O/c21-16-8-4-10-18(12-16)24-11-5-9-17(14-24)23-20(25)13-19(22)15-6-2-1-3-7-15/h1-4,6-8,10,12,17,19H,5,9,11,13-14,22H2,(H,23,25). The van der Waals surface area contributed by atoms with Crippen molar-refractivity contribution in [2.24, 2.45) is 5.73 Å². The van der Waals surface area contributed by atoms with Crippen molar-refractivity contribution in [3.8, 4) is 0 Å². The highest BCUT2D eigenvalue weighted by atomic mass is 19.1. The third-order valence-electron chi connectivity index (χ3n) is 4.59. The SMILES string of the molecule is NC(CC(=O)NC1CCCN(c2cccc(F)c2)C1)c1ccccc1. The van der Waals surface area contributed by atoms with Crippen molar-refractivity contribution in [3.63, 3.8) is 0 Å². The smallest absolute Gasteiger partial charge is 0.222 e. The number of carbonyl (C=O) groups excluding carboxylic acids is 1. The molecular weight excluding hydrogens is 317 g/mol. The van der Waals surface area contributed by atoms with Crippen LogP contribution in [0.3, 0.4) is 0 Å². The number of rotatable bonds is 5. The first-order valence-electron chi connectivity index (χ1n) is 8.72. The lowest BCUT2D eigenvalue weighted by Gasteiger charge is -2.35. The first-order valence-corrected chi connectivity index (χ1v) is 8.72. The summed E-state index contributed by atoms with van der Waals surface area (Å²) in [4.78, 5) is 14.4. The number of hydrogen-bond donors (Lipinski definition) is 2. The minimum absolute atomic E-state index is 0.0394. The van der Waals surface area contributed by atoms with Gasteiger partial charge in [0.2, 0.25) is 5.91 Å². The van der Waals surface area contributed by atoms with E-state index in [0.29, 0.717) is 6.54 Å². The molecule has 1 aliphatic rings. The highest BCUT2D eigenvalue weighted by Gasteiger charge is 2.22. The molecule has 3 N–H and O–H groups in total. The molecule has 1 fully saturated rings. The summed E-state index contributed by atoms with van der Waals surface area (Å²) >= 11 is 0. The van der Waals surface area contributed by atoms with Crippen molar-refractivity contribution in [1.82, 2.24) is 5.32 Å². The highest BCUT2D eigenvalue weighted by molar-refractivity contribution is 5.77. The number of nitrogens with two attached hydrogens (primary N) is 1. The van der Waals surface area contributed by atoms with Gasteiger partial charge in [-0.25, -0.2) is 4.39 Å². The van der Waals surface area contributed by atoms with Gasteiger partial charge in [-0.1, -0.05) is 36.4 Å². The molecule has 2 aromatic carbocycles. The quantitative estimate of drug-likeness (QED) is 0.879. The predicted molar refractivity (Wildman–Crippen MR) is 97.8 cm³/mol. The second kappa shape index (κ2) is 8.12. The largest absolute Gasteiger partial charge is 0.369 e. The zero-order valence-corrected chi connectivity index (χ0v) is 14.2. The monoisotopic (exact) mass is 341 g/mol. The molecule has 0 saturated carbocycles. The Bertz CT molecular complexity index is 707. The van der Waals surface area contributed by atoms with Gasteiger partial charge in [-0.2, -0.15) is 0 Å². The molecule has 0 spiro atoms. The van der Waals surface area contributed by atoms with Gasteiger partial charge in [0.1, 0.15) is 5.82 Å². The van der Waals surface area contributed by atoms with Gasteiger partial charge >= 0.3 is 0 Å². The van der Waals surface area contributed by atoms with Crippen LogP contribution in [0.5, 0.6) is 0 Å². The fraction of sp³-hybridized carbons (Fsp3) is 0.350. The summed E-state index contributed by atoms with van der Waals surface area (Å²) in [5.74, 6) is -0.278. The lowest BCUT2D eigenvalue weighted by atomic mass is 10.0. The van der Waals surface area contributed by atoms with E-state index >= 15 is 0 Å². The summed E-state index contributed by atoms with van der Waals surface area (Å²) in [5, 5.41) is 3.08. The number of nitrogens with one attached hydrogen (secondary N) is 1. The maximum Gasteiger partial charge on any atom is 0.222 e. The van der Waals surface area contributed by atoms with Crippen LogP contribution in [0.2, 0.25) is 0 Å². The Hall–Kier alpha value is -2.40. The fourth-order valence-corrected chi connectivity index (χ4v) is 3.31. The van der Waals surface area contributed by atoms with E-state index in [1.54, 1.807) is 6.07 Å². The van der Waals surface area contributed by atoms with Crippen molar-refractivity contribution < 1.29 is 9.18 Å². The molecule has 25 heavy (non-hydrogen) atoms. The van der Waals surface area contributed by atoms with Crippen LogP contribution in [0.25, 0.3) is 0 Å². The molecule has 0 radical (unpaired) electrons. The molecule has 1 aliphatic heterocycles. The molecule has 1 saturated heterocycles. The van der Waals surface area contributed by atoms with Gasteiger partial charge in [0.25, 0.3) is 0 Å². The number of amides is 1. The van der Waals surface area contributed by atoms with Crippen molar-refractivity contribution in [2.45, 2.75) is 31.3 Å². The Morgan fingerprint density at radius 2 is 2.04 bits per heavy atom. The van der Waals surface area contributed by atoms with Gasteiger partial charge in [0.05, 0.1) is 0 Å². The number of piperidine rings is 1. The van der Waals surface area contributed by atoms with E-state index in [1.807, 2.05) is 36.4 Å². The molecule has 0 aliphatic carbocycles. The van der Waals surface area contributed by atoms with Crippen molar-refractivity contribution in [3.05, 3.63) is 66.0 Å². The van der Waals surface area contributed by atoms with Crippen LogP contribution in [-0.4, -0.2) is 25.0 Å². The molecule has 3 rings (SSSR count). The van der Waals surface area contributed by atoms with Gasteiger partial charge in [0.15, 0.2) is 0 Å². The summed E-state index contributed by atoms with van der Waals surface area (Å²) in [6.07, 6.45) is 2.16. The Balaban J connectivity index is 1.54. The van der Waals surface area contributed by atoms with Gasteiger partial charge < -0.3 is 16.0 Å². The Morgan fingerprint density at radius 3 is 2.80 bits per heavy atom. The molecule has 5 heteroatoms. The van der Waals surface area contributed by atoms with Crippen LogP contribution in [-0.2, 0) is 4.79 Å². The molecule has 0 bridgehead atoms. The Morgan fingerprint density at radius 1 is 1.24 bits per heavy atom. The first-order chi connectivity index (χ1) is 12.1. The molecule has 2 unspecified atom stereocenters. The van der Waals surface area contributed by atoms with E-state index in [4.69, 9.17) is 5.73 Å². The third-order valence-corrected chi connectivity index (χ3v) is 4.59. The topological polar surface area (TPSA) is 58.4 Å². The van der Waals surface area contributed by atoms with Crippen molar-refractivity contribution in [2.75, 3.05) is 18.0 Å². The number of halogens is 1. The number of hydrogen-bond acceptors (Lipinski definition) is 3. The summed E-state index contributed by atoms with van der Waals surface area (Å²) in [5.41, 5.74) is 7.94. The number of anilines is 1. The van der Waals surface area contributed by atoms with Crippen LogP contribution >= 0.6 is 0 Å². The van der Waals surface area contributed by atoms with E-state index in [0.717, 1.165) is 30.6 Å². The van der Waals surface area contributed by atoms with E-state index in [1.165, 1.54) is 12.1 Å². The molecule has 2 atom stereocenters. The Kier molecular flexibility index (Phi) is 5.66. The summed E-state index contributed by atoms with van der Waals surface area (Å²) < 4.78 is 13.4. The van der Waals surface area contributed by atoms with Gasteiger partial charge in [0, 0.05) is 37.3 Å². The summed E-state index contributed by atoms with van der Waals surface area (Å²) in [6.45, 7) is 1.56. The van der Waals surface area contributed by atoms with E-state index in [2.05, 4.69) is 10.2 Å². The van der Waals surface area contributed by atoms with E-state index in [-0.39, 0.29) is 30.2 Å². The van der Waals surface area contributed by atoms with Crippen LogP contribution < -0.4 is 16.0 Å². The molecule has 132 valence electrons. The maximum atomic E-state index is 13.4. The first kappa shape index (κ1) is 17.4. The number of carbonyl (C=O) groups is 1. The minimum atomic E-state index is -0.302. The second-order valence-corrected chi connectivity index (χ2v) is 6.55. The van der Waals surface area contributed by atoms with Crippen LogP contribution in [0.4, 0.5) is 10.1 Å². The minimum Gasteiger partial charge on any atom is -0.369 e. The molecular formula is C20H24FN3O. The third kappa shape index (κ3) is 4.79. The van der Waals surface area contributed by atoms with Crippen LogP contribution in [0.15, 0.2) is 54.6 Å². The molecule has 1 heterocycles. The zero-order valence-electron chi connectivity index (χ0n) is 14.2. The molecule has 2 aromatic rings. The fourth-order valence-electron chi connectivity index (χ4n) is 3.31. The summed E-state index contributed by atoms with van der Waals surface area (Å²) in [7, 11) is 0. The molecule has 1 amide bonds. The lowest BCUT2D eigenvalue weighted by Crippen LogP contribution is -2.48. The van der Waals surface area contributed by atoms with Crippen molar-refractivity contribution in [1.29, 1.82) is 0 Å². The number of benzene rings is 2. The average Bonchev–Trinajstić information content (AvgIpc) is 2.62. The summed E-state index contributed by atoms with van der Waals surface area (Å²) in [6, 6.07) is 16.0. The Labute approximate surface area is 147 Å². The highest BCUT2D eigenvalue weighted by Crippen LogP contribution is 2.21. The van der Waals surface area contributed by atoms with E-state index < -0.39 is 0 Å². The van der Waals surface area contributed by atoms with Gasteiger partial charge in [-0.3, -0.25) is 4.79 Å². The average molecular weight is 341 g/mol. The van der Waals surface area contributed by atoms with Gasteiger partial charge in [-0.05, 0) is 36.6 Å². The zero-order chi connectivity index (χ0) is 17.6. The molecule has 4 nitrogen and oxygen atoms in total. The molecule has 0 aromatic heterocycles. The maximum absolute atomic E-state index is 13.4. The van der Waals surface area contributed by atoms with Crippen LogP contribution in [0.1, 0.15) is 30.9 Å². The normalized spacial score (nSPS) is 18.6. The second-order valence-electron chi connectivity index (χ2n) is 6.55. The van der Waals surface area contributed by atoms with Crippen molar-refractivity contribution >= 4 is 11.6 Å². The lowest BCUT2D eigenvalue weighted by molar-refractivity contribution is -0.122. The van der Waals surface area contributed by atoms with Crippen LogP contribution in [0, 0.1) is 5.82 Å².